The largest absolute Gasteiger partial charge is 0.375 e. The fraction of sp³-hybridized carbons (Fsp3) is 0.941. The molecule has 3 heterocycles. The molecule has 8 nitrogen and oxygen atoms in total. The first-order chi connectivity index (χ1) is 12.5. The summed E-state index contributed by atoms with van der Waals surface area (Å²) in [6, 6.07) is 0. The molecule has 0 spiro atoms. The number of sulfonamides is 1. The molecule has 0 radical (unpaired) electrons. The van der Waals surface area contributed by atoms with E-state index in [1.54, 1.807) is 4.31 Å². The highest BCUT2D eigenvalue weighted by Crippen LogP contribution is 2.21. The molecule has 150 valence electrons. The molecule has 2 atom stereocenters. The van der Waals surface area contributed by atoms with Crippen LogP contribution >= 0.6 is 0 Å². The van der Waals surface area contributed by atoms with Crippen LogP contribution in [0, 0.1) is 5.92 Å². The van der Waals surface area contributed by atoms with E-state index in [9.17, 15) is 8.42 Å². The van der Waals surface area contributed by atoms with Gasteiger partial charge in [0, 0.05) is 46.4 Å². The molecule has 0 aromatic heterocycles. The van der Waals surface area contributed by atoms with Crippen LogP contribution in [0.2, 0.25) is 0 Å². The summed E-state index contributed by atoms with van der Waals surface area (Å²) in [6.45, 7) is 5.21. The van der Waals surface area contributed by atoms with Gasteiger partial charge in [-0.25, -0.2) is 12.7 Å². The summed E-state index contributed by atoms with van der Waals surface area (Å²) in [5, 5.41) is 3.49. The van der Waals surface area contributed by atoms with Crippen LogP contribution in [-0.4, -0.2) is 95.0 Å². The molecule has 0 bridgehead atoms. The Kier molecular flexibility index (Phi) is 6.76. The van der Waals surface area contributed by atoms with Gasteiger partial charge in [0.25, 0.3) is 0 Å². The van der Waals surface area contributed by atoms with Crippen molar-refractivity contribution >= 4 is 16.0 Å². The van der Waals surface area contributed by atoms with Gasteiger partial charge in [-0.05, 0) is 31.6 Å². The van der Waals surface area contributed by atoms with Gasteiger partial charge < -0.3 is 19.7 Å². The van der Waals surface area contributed by atoms with E-state index in [2.05, 4.69) is 15.2 Å². The van der Waals surface area contributed by atoms with Crippen molar-refractivity contribution in [3.63, 3.8) is 0 Å². The van der Waals surface area contributed by atoms with E-state index in [0.717, 1.165) is 57.9 Å². The SMILES string of the molecule is CN=C(NCC1CCN(S(C)(=O)=O)CC1)N1CCOC(C2CCCO2)C1. The van der Waals surface area contributed by atoms with Crippen LogP contribution in [0.25, 0.3) is 0 Å². The molecular formula is C17H32N4O4S. The van der Waals surface area contributed by atoms with Gasteiger partial charge in [-0.3, -0.25) is 4.99 Å². The number of hydrogen-bond donors (Lipinski definition) is 1. The van der Waals surface area contributed by atoms with Crippen molar-refractivity contribution in [3.8, 4) is 0 Å². The highest BCUT2D eigenvalue weighted by molar-refractivity contribution is 7.88. The monoisotopic (exact) mass is 388 g/mol. The lowest BCUT2D eigenvalue weighted by atomic mass is 9.98. The van der Waals surface area contributed by atoms with Gasteiger partial charge in [0.2, 0.25) is 10.0 Å². The summed E-state index contributed by atoms with van der Waals surface area (Å²) >= 11 is 0. The molecule has 3 aliphatic rings. The Balaban J connectivity index is 1.46. The average molecular weight is 389 g/mol. The van der Waals surface area contributed by atoms with Gasteiger partial charge in [0.15, 0.2) is 5.96 Å². The highest BCUT2D eigenvalue weighted by atomic mass is 32.2. The topological polar surface area (TPSA) is 83.5 Å². The Morgan fingerprint density at radius 3 is 2.46 bits per heavy atom. The number of nitrogens with one attached hydrogen (secondary N) is 1. The summed E-state index contributed by atoms with van der Waals surface area (Å²) in [7, 11) is -1.25. The third kappa shape index (κ3) is 5.09. The zero-order valence-corrected chi connectivity index (χ0v) is 16.7. The number of hydrogen-bond acceptors (Lipinski definition) is 5. The second-order valence-corrected chi connectivity index (χ2v) is 9.42. The maximum Gasteiger partial charge on any atom is 0.211 e. The summed E-state index contributed by atoms with van der Waals surface area (Å²) in [5.74, 6) is 1.38. The van der Waals surface area contributed by atoms with Crippen molar-refractivity contribution < 1.29 is 17.9 Å². The minimum atomic E-state index is -3.06. The fourth-order valence-electron chi connectivity index (χ4n) is 4.00. The van der Waals surface area contributed by atoms with Crippen LogP contribution in [0.5, 0.6) is 0 Å². The lowest BCUT2D eigenvalue weighted by Gasteiger charge is -2.38. The van der Waals surface area contributed by atoms with E-state index >= 15 is 0 Å². The van der Waals surface area contributed by atoms with E-state index in [4.69, 9.17) is 9.47 Å². The second-order valence-electron chi connectivity index (χ2n) is 7.44. The molecule has 9 heteroatoms. The van der Waals surface area contributed by atoms with Gasteiger partial charge in [-0.2, -0.15) is 0 Å². The molecule has 3 rings (SSSR count). The number of rotatable bonds is 4. The molecule has 0 aromatic rings. The Labute approximate surface area is 157 Å². The quantitative estimate of drug-likeness (QED) is 0.544. The Morgan fingerprint density at radius 1 is 1.12 bits per heavy atom. The third-order valence-corrected chi connectivity index (χ3v) is 6.88. The molecule has 3 saturated heterocycles. The van der Waals surface area contributed by atoms with Crippen molar-refractivity contribution in [2.45, 2.75) is 37.9 Å². The van der Waals surface area contributed by atoms with Crippen LogP contribution in [-0.2, 0) is 19.5 Å². The number of nitrogens with zero attached hydrogens (tertiary/aromatic N) is 3. The summed E-state index contributed by atoms with van der Waals surface area (Å²) in [6.07, 6.45) is 5.57. The predicted molar refractivity (Wildman–Crippen MR) is 101 cm³/mol. The van der Waals surface area contributed by atoms with E-state index in [0.29, 0.717) is 25.6 Å². The molecule has 3 fully saturated rings. The molecule has 1 N–H and O–H groups in total. The minimum Gasteiger partial charge on any atom is -0.375 e. The Bertz CT molecular complexity index is 584. The molecule has 2 unspecified atom stereocenters. The van der Waals surface area contributed by atoms with Crippen molar-refractivity contribution in [1.29, 1.82) is 0 Å². The second kappa shape index (κ2) is 8.86. The number of morpholine rings is 1. The molecule has 0 amide bonds. The van der Waals surface area contributed by atoms with E-state index < -0.39 is 10.0 Å². The van der Waals surface area contributed by atoms with Crippen LogP contribution in [0.3, 0.4) is 0 Å². The molecule has 0 aliphatic carbocycles. The van der Waals surface area contributed by atoms with Crippen LogP contribution in [0.15, 0.2) is 4.99 Å². The highest BCUT2D eigenvalue weighted by Gasteiger charge is 2.32. The zero-order chi connectivity index (χ0) is 18.6. The smallest absolute Gasteiger partial charge is 0.211 e. The van der Waals surface area contributed by atoms with Crippen molar-refractivity contribution in [2.24, 2.45) is 10.9 Å². The average Bonchev–Trinajstić information content (AvgIpc) is 3.17. The van der Waals surface area contributed by atoms with Crippen molar-refractivity contribution in [2.75, 3.05) is 59.2 Å². The first-order valence-electron chi connectivity index (χ1n) is 9.61. The number of ether oxygens (including phenoxy) is 2. The van der Waals surface area contributed by atoms with Gasteiger partial charge in [0.05, 0.1) is 19.0 Å². The van der Waals surface area contributed by atoms with E-state index in [1.807, 2.05) is 7.05 Å². The van der Waals surface area contributed by atoms with Gasteiger partial charge in [-0.1, -0.05) is 0 Å². The van der Waals surface area contributed by atoms with Crippen molar-refractivity contribution in [3.05, 3.63) is 0 Å². The lowest BCUT2D eigenvalue weighted by molar-refractivity contribution is -0.0817. The lowest BCUT2D eigenvalue weighted by Crippen LogP contribution is -2.54. The maximum absolute atomic E-state index is 11.6. The van der Waals surface area contributed by atoms with Crippen molar-refractivity contribution in [1.82, 2.24) is 14.5 Å². The number of guanidine groups is 1. The number of aliphatic imine (C=N–C) groups is 1. The van der Waals surface area contributed by atoms with E-state index in [-0.39, 0.29) is 12.2 Å². The van der Waals surface area contributed by atoms with Crippen LogP contribution < -0.4 is 5.32 Å². The predicted octanol–water partition coefficient (Wildman–Crippen LogP) is 0.113. The molecule has 3 aliphatic heterocycles. The minimum absolute atomic E-state index is 0.114. The van der Waals surface area contributed by atoms with Gasteiger partial charge in [-0.15, -0.1) is 0 Å². The third-order valence-electron chi connectivity index (χ3n) is 5.58. The van der Waals surface area contributed by atoms with Crippen LogP contribution in [0.1, 0.15) is 25.7 Å². The first-order valence-corrected chi connectivity index (χ1v) is 11.5. The standard InChI is InChI=1S/C17H32N4O4S/c1-18-17(19-12-14-5-7-21(8-6-14)26(2,22)23)20-9-11-25-16(13-20)15-4-3-10-24-15/h14-16H,3-13H2,1-2H3,(H,18,19). The van der Waals surface area contributed by atoms with Crippen LogP contribution in [0.4, 0.5) is 0 Å². The fourth-order valence-corrected chi connectivity index (χ4v) is 4.88. The summed E-state index contributed by atoms with van der Waals surface area (Å²) < 4.78 is 36.5. The Morgan fingerprint density at radius 2 is 1.85 bits per heavy atom. The molecule has 0 saturated carbocycles. The van der Waals surface area contributed by atoms with E-state index in [1.165, 1.54) is 6.26 Å². The maximum atomic E-state index is 11.6. The van der Waals surface area contributed by atoms with Gasteiger partial charge in [0.1, 0.15) is 6.10 Å². The molecule has 0 aromatic carbocycles. The number of piperidine rings is 1. The zero-order valence-electron chi connectivity index (χ0n) is 15.9. The Hall–Kier alpha value is -0.900. The van der Waals surface area contributed by atoms with Gasteiger partial charge >= 0.3 is 0 Å². The molecular weight excluding hydrogens is 356 g/mol. The normalized spacial score (nSPS) is 29.9. The first kappa shape index (κ1) is 19.9. The summed E-state index contributed by atoms with van der Waals surface area (Å²) in [4.78, 5) is 6.69. The summed E-state index contributed by atoms with van der Waals surface area (Å²) in [5.41, 5.74) is 0. The molecule has 26 heavy (non-hydrogen) atoms.